The highest BCUT2D eigenvalue weighted by molar-refractivity contribution is 6.15. The largest absolute Gasteiger partial charge is 0.312 e. The molecule has 1 heterocycles. The van der Waals surface area contributed by atoms with E-state index in [1.54, 1.807) is 0 Å². The number of hydrogen-bond donors (Lipinski definition) is 1. The van der Waals surface area contributed by atoms with Crippen LogP contribution in [0.15, 0.2) is 35.4 Å². The number of amidine groups is 1. The van der Waals surface area contributed by atoms with Crippen LogP contribution in [-0.2, 0) is 9.59 Å². The number of anilines is 1. The third-order valence-corrected chi connectivity index (χ3v) is 5.07. The first kappa shape index (κ1) is 22.1. The molecule has 5 heteroatoms. The van der Waals surface area contributed by atoms with Crippen LogP contribution in [0.1, 0.15) is 90.4 Å². The Morgan fingerprint density at radius 3 is 2.11 bits per heavy atom. The van der Waals surface area contributed by atoms with E-state index in [0.29, 0.717) is 12.3 Å². The van der Waals surface area contributed by atoms with E-state index in [0.717, 1.165) is 18.5 Å². The SMILES string of the molecule is CCCCCCCCCCCCCC(=O)NC1=NN(c2ccccc2)C(=O)C1. The van der Waals surface area contributed by atoms with Gasteiger partial charge in [0.1, 0.15) is 5.84 Å². The van der Waals surface area contributed by atoms with Crippen molar-refractivity contribution >= 4 is 23.3 Å². The molecule has 0 fully saturated rings. The van der Waals surface area contributed by atoms with Crippen LogP contribution in [0.25, 0.3) is 0 Å². The lowest BCUT2D eigenvalue weighted by molar-refractivity contribution is -0.119. The van der Waals surface area contributed by atoms with Gasteiger partial charge >= 0.3 is 0 Å². The maximum atomic E-state index is 12.1. The third kappa shape index (κ3) is 8.24. The molecule has 0 saturated heterocycles. The van der Waals surface area contributed by atoms with Crippen LogP contribution in [0, 0.1) is 0 Å². The van der Waals surface area contributed by atoms with Gasteiger partial charge in [-0.3, -0.25) is 9.59 Å². The number of nitrogens with one attached hydrogen (secondary N) is 1. The molecule has 2 amide bonds. The average molecular weight is 386 g/mol. The minimum Gasteiger partial charge on any atom is -0.312 e. The quantitative estimate of drug-likeness (QED) is 0.452. The number of carbonyl (C=O) groups is 2. The number of rotatable bonds is 13. The summed E-state index contributed by atoms with van der Waals surface area (Å²) in [6.07, 6.45) is 14.5. The summed E-state index contributed by atoms with van der Waals surface area (Å²) in [7, 11) is 0. The van der Waals surface area contributed by atoms with Crippen molar-refractivity contribution in [3.8, 4) is 0 Å². The Balaban J connectivity index is 1.53. The van der Waals surface area contributed by atoms with E-state index in [-0.39, 0.29) is 18.2 Å². The second kappa shape index (κ2) is 13.1. The maximum Gasteiger partial charge on any atom is 0.255 e. The van der Waals surface area contributed by atoms with Crippen LogP contribution in [0.5, 0.6) is 0 Å². The molecule has 1 aromatic carbocycles. The molecule has 0 unspecified atom stereocenters. The molecule has 0 radical (unpaired) electrons. The molecule has 1 aliphatic rings. The van der Waals surface area contributed by atoms with Gasteiger partial charge in [0.2, 0.25) is 5.91 Å². The number of carbonyl (C=O) groups excluding carboxylic acids is 2. The number of amides is 2. The summed E-state index contributed by atoms with van der Waals surface area (Å²) in [5, 5.41) is 8.40. The van der Waals surface area contributed by atoms with Crippen molar-refractivity contribution in [1.29, 1.82) is 0 Å². The first-order valence-corrected chi connectivity index (χ1v) is 11.0. The normalized spacial score (nSPS) is 13.7. The maximum absolute atomic E-state index is 12.1. The summed E-state index contributed by atoms with van der Waals surface area (Å²) in [6, 6.07) is 9.28. The predicted molar refractivity (Wildman–Crippen MR) is 115 cm³/mol. The molecule has 0 aromatic heterocycles. The summed E-state index contributed by atoms with van der Waals surface area (Å²) in [5.74, 6) is 0.288. The van der Waals surface area contributed by atoms with Crippen molar-refractivity contribution < 1.29 is 9.59 Å². The summed E-state index contributed by atoms with van der Waals surface area (Å²) in [5.41, 5.74) is 0.724. The number of hydrogen-bond acceptors (Lipinski definition) is 3. The molecule has 0 aliphatic carbocycles. The molecule has 2 rings (SSSR count). The zero-order valence-electron chi connectivity index (χ0n) is 17.3. The monoisotopic (exact) mass is 385 g/mol. The minimum absolute atomic E-state index is 0.0441. The summed E-state index contributed by atoms with van der Waals surface area (Å²) < 4.78 is 0. The molecule has 5 nitrogen and oxygen atoms in total. The Morgan fingerprint density at radius 1 is 0.929 bits per heavy atom. The molecular formula is C23H35N3O2. The number of hydrazone groups is 1. The summed E-state index contributed by atoms with van der Waals surface area (Å²) in [6.45, 7) is 2.25. The highest BCUT2D eigenvalue weighted by Crippen LogP contribution is 2.19. The van der Waals surface area contributed by atoms with E-state index in [9.17, 15) is 9.59 Å². The van der Waals surface area contributed by atoms with Gasteiger partial charge in [-0.15, -0.1) is 0 Å². The molecule has 0 spiro atoms. The van der Waals surface area contributed by atoms with Gasteiger partial charge in [-0.25, -0.2) is 0 Å². The van der Waals surface area contributed by atoms with E-state index in [4.69, 9.17) is 0 Å². The van der Waals surface area contributed by atoms with Gasteiger partial charge in [-0.2, -0.15) is 10.1 Å². The number of nitrogens with zero attached hydrogens (tertiary/aromatic N) is 2. The van der Waals surface area contributed by atoms with Crippen LogP contribution in [0.3, 0.4) is 0 Å². The lowest BCUT2D eigenvalue weighted by atomic mass is 10.1. The van der Waals surface area contributed by atoms with Crippen molar-refractivity contribution in [2.24, 2.45) is 5.10 Å². The molecule has 1 N–H and O–H groups in total. The van der Waals surface area contributed by atoms with E-state index in [1.807, 2.05) is 30.3 Å². The fraction of sp³-hybridized carbons (Fsp3) is 0.609. The zero-order valence-corrected chi connectivity index (χ0v) is 17.3. The van der Waals surface area contributed by atoms with E-state index >= 15 is 0 Å². The predicted octanol–water partition coefficient (Wildman–Crippen LogP) is 5.55. The van der Waals surface area contributed by atoms with Crippen LogP contribution in [0.4, 0.5) is 5.69 Å². The van der Waals surface area contributed by atoms with Gasteiger partial charge < -0.3 is 5.32 Å². The van der Waals surface area contributed by atoms with E-state index in [1.165, 1.54) is 62.8 Å². The molecule has 1 aliphatic heterocycles. The van der Waals surface area contributed by atoms with Gasteiger partial charge in [-0.1, -0.05) is 89.3 Å². The molecule has 154 valence electrons. The third-order valence-electron chi connectivity index (χ3n) is 5.07. The van der Waals surface area contributed by atoms with E-state index < -0.39 is 0 Å². The van der Waals surface area contributed by atoms with Crippen molar-refractivity contribution in [2.75, 3.05) is 5.01 Å². The smallest absolute Gasteiger partial charge is 0.255 e. The molecular weight excluding hydrogens is 350 g/mol. The Hall–Kier alpha value is -2.17. The van der Waals surface area contributed by atoms with Gasteiger partial charge in [0.15, 0.2) is 0 Å². The van der Waals surface area contributed by atoms with Crippen molar-refractivity contribution in [3.63, 3.8) is 0 Å². The standard InChI is InChI=1S/C23H35N3O2/c1-2-3-4-5-6-7-8-9-10-11-15-18-22(27)24-21-19-23(28)26(25-21)20-16-13-12-14-17-20/h12-14,16-17H,2-11,15,18-19H2,1H3,(H,24,25,27). The van der Waals surface area contributed by atoms with Gasteiger partial charge in [0.25, 0.3) is 5.91 Å². The van der Waals surface area contributed by atoms with E-state index in [2.05, 4.69) is 17.3 Å². The number of unbranched alkanes of at least 4 members (excludes halogenated alkanes) is 10. The van der Waals surface area contributed by atoms with Gasteiger partial charge in [0, 0.05) is 6.42 Å². The second-order valence-electron chi connectivity index (χ2n) is 7.60. The molecule has 0 bridgehead atoms. The molecule has 0 saturated carbocycles. The van der Waals surface area contributed by atoms with Crippen LogP contribution >= 0.6 is 0 Å². The van der Waals surface area contributed by atoms with Crippen molar-refractivity contribution in [1.82, 2.24) is 5.32 Å². The van der Waals surface area contributed by atoms with Crippen LogP contribution in [-0.4, -0.2) is 17.6 Å². The lowest BCUT2D eigenvalue weighted by Gasteiger charge is -2.10. The highest BCUT2D eigenvalue weighted by Gasteiger charge is 2.25. The first-order valence-electron chi connectivity index (χ1n) is 11.0. The van der Waals surface area contributed by atoms with Crippen molar-refractivity contribution in [3.05, 3.63) is 30.3 Å². The fourth-order valence-electron chi connectivity index (χ4n) is 3.44. The summed E-state index contributed by atoms with van der Waals surface area (Å²) >= 11 is 0. The second-order valence-corrected chi connectivity index (χ2v) is 7.60. The Bertz CT molecular complexity index is 628. The zero-order chi connectivity index (χ0) is 20.0. The Morgan fingerprint density at radius 2 is 1.50 bits per heavy atom. The number of benzene rings is 1. The minimum atomic E-state index is -0.115. The van der Waals surface area contributed by atoms with Crippen LogP contribution < -0.4 is 10.3 Å². The molecule has 0 atom stereocenters. The molecule has 28 heavy (non-hydrogen) atoms. The topological polar surface area (TPSA) is 61.8 Å². The Labute approximate surface area is 169 Å². The first-order chi connectivity index (χ1) is 13.7. The van der Waals surface area contributed by atoms with Gasteiger partial charge in [-0.05, 0) is 18.6 Å². The molecule has 1 aromatic rings. The fourth-order valence-corrected chi connectivity index (χ4v) is 3.44. The van der Waals surface area contributed by atoms with Crippen LogP contribution in [0.2, 0.25) is 0 Å². The average Bonchev–Trinajstić information content (AvgIpc) is 3.06. The van der Waals surface area contributed by atoms with Gasteiger partial charge in [0.05, 0.1) is 12.1 Å². The number of para-hydroxylation sites is 1. The van der Waals surface area contributed by atoms with Crippen molar-refractivity contribution in [2.45, 2.75) is 90.4 Å². The summed E-state index contributed by atoms with van der Waals surface area (Å²) in [4.78, 5) is 24.2. The highest BCUT2D eigenvalue weighted by atomic mass is 16.2. The Kier molecular flexibility index (Phi) is 10.3. The lowest BCUT2D eigenvalue weighted by Crippen LogP contribution is -2.29.